The first-order valence-corrected chi connectivity index (χ1v) is 5.46. The summed E-state index contributed by atoms with van der Waals surface area (Å²) in [6.45, 7) is 11.7. The molecule has 0 aliphatic carbocycles. The van der Waals surface area contributed by atoms with Gasteiger partial charge in [0.05, 0.1) is 0 Å². The predicted molar refractivity (Wildman–Crippen MR) is 63.5 cm³/mol. The van der Waals surface area contributed by atoms with E-state index in [-0.39, 0.29) is 5.54 Å². The fraction of sp³-hybridized carbons (Fsp3) is 1.00. The first-order valence-electron chi connectivity index (χ1n) is 5.46. The van der Waals surface area contributed by atoms with Crippen LogP contribution in [0.5, 0.6) is 0 Å². The summed E-state index contributed by atoms with van der Waals surface area (Å²) in [7, 11) is 4.22. The van der Waals surface area contributed by atoms with Crippen LogP contribution in [0.1, 0.15) is 27.7 Å². The van der Waals surface area contributed by atoms with Crippen molar-refractivity contribution in [1.29, 1.82) is 0 Å². The van der Waals surface area contributed by atoms with E-state index in [1.54, 1.807) is 0 Å². The van der Waals surface area contributed by atoms with E-state index in [9.17, 15) is 0 Å². The normalized spacial score (nSPS) is 15.2. The summed E-state index contributed by atoms with van der Waals surface area (Å²) in [5.41, 5.74) is 5.90. The average Bonchev–Trinajstić information content (AvgIpc) is 2.03. The molecule has 0 fully saturated rings. The third-order valence-electron chi connectivity index (χ3n) is 2.78. The quantitative estimate of drug-likeness (QED) is 0.696. The summed E-state index contributed by atoms with van der Waals surface area (Å²) in [4.78, 5) is 4.69. The number of hydrogen-bond donors (Lipinski definition) is 1. The molecule has 0 aromatic carbocycles. The van der Waals surface area contributed by atoms with Gasteiger partial charge >= 0.3 is 0 Å². The van der Waals surface area contributed by atoms with Gasteiger partial charge in [-0.3, -0.25) is 4.90 Å². The van der Waals surface area contributed by atoms with Crippen LogP contribution in [0.4, 0.5) is 0 Å². The molecule has 14 heavy (non-hydrogen) atoms. The fourth-order valence-electron chi connectivity index (χ4n) is 2.08. The summed E-state index contributed by atoms with van der Waals surface area (Å²) < 4.78 is 0. The minimum Gasteiger partial charge on any atom is -0.329 e. The van der Waals surface area contributed by atoms with Gasteiger partial charge in [-0.05, 0) is 41.4 Å². The van der Waals surface area contributed by atoms with Crippen LogP contribution in [-0.4, -0.2) is 55.1 Å². The van der Waals surface area contributed by atoms with Gasteiger partial charge in [-0.1, -0.05) is 6.92 Å². The average molecular weight is 201 g/mol. The number of hydrogen-bond acceptors (Lipinski definition) is 3. The predicted octanol–water partition coefficient (Wildman–Crippen LogP) is 0.996. The van der Waals surface area contributed by atoms with Crippen molar-refractivity contribution in [1.82, 2.24) is 9.80 Å². The summed E-state index contributed by atoms with van der Waals surface area (Å²) >= 11 is 0. The van der Waals surface area contributed by atoms with Gasteiger partial charge in [-0.15, -0.1) is 0 Å². The van der Waals surface area contributed by atoms with Gasteiger partial charge in [0.25, 0.3) is 0 Å². The molecular formula is C11H27N3. The van der Waals surface area contributed by atoms with E-state index in [0.29, 0.717) is 12.6 Å². The van der Waals surface area contributed by atoms with E-state index in [4.69, 9.17) is 5.73 Å². The van der Waals surface area contributed by atoms with E-state index >= 15 is 0 Å². The molecule has 0 heterocycles. The molecule has 3 heteroatoms. The maximum atomic E-state index is 5.80. The van der Waals surface area contributed by atoms with Crippen molar-refractivity contribution in [2.75, 3.05) is 33.7 Å². The Morgan fingerprint density at radius 1 is 1.29 bits per heavy atom. The second-order valence-corrected chi connectivity index (χ2v) is 4.91. The van der Waals surface area contributed by atoms with Crippen molar-refractivity contribution < 1.29 is 0 Å². The van der Waals surface area contributed by atoms with Crippen LogP contribution in [0.15, 0.2) is 0 Å². The van der Waals surface area contributed by atoms with Crippen LogP contribution in [0, 0.1) is 0 Å². The zero-order valence-corrected chi connectivity index (χ0v) is 10.7. The molecule has 0 aliphatic heterocycles. The smallest absolute Gasteiger partial charge is 0.0278 e. The highest BCUT2D eigenvalue weighted by molar-refractivity contribution is 4.85. The maximum Gasteiger partial charge on any atom is 0.0278 e. The number of likely N-dealkylation sites (N-methyl/N-ethyl adjacent to an activating group) is 2. The maximum absolute atomic E-state index is 5.80. The summed E-state index contributed by atoms with van der Waals surface area (Å²) in [5, 5.41) is 0. The number of nitrogens with zero attached hydrogens (tertiary/aromatic N) is 2. The first kappa shape index (κ1) is 13.9. The second kappa shape index (κ2) is 5.69. The van der Waals surface area contributed by atoms with Gasteiger partial charge < -0.3 is 10.6 Å². The Morgan fingerprint density at radius 2 is 1.79 bits per heavy atom. The van der Waals surface area contributed by atoms with E-state index in [1.165, 1.54) is 0 Å². The molecule has 0 saturated heterocycles. The van der Waals surface area contributed by atoms with Crippen LogP contribution in [0.2, 0.25) is 0 Å². The molecule has 0 rings (SSSR count). The molecule has 3 nitrogen and oxygen atoms in total. The largest absolute Gasteiger partial charge is 0.329 e. The molecule has 0 amide bonds. The molecule has 0 saturated carbocycles. The Balaban J connectivity index is 4.39. The highest BCUT2D eigenvalue weighted by Crippen LogP contribution is 2.16. The van der Waals surface area contributed by atoms with Crippen molar-refractivity contribution >= 4 is 0 Å². The molecule has 0 aromatic rings. The lowest BCUT2D eigenvalue weighted by Crippen LogP contribution is -2.55. The van der Waals surface area contributed by atoms with Crippen LogP contribution in [-0.2, 0) is 0 Å². The topological polar surface area (TPSA) is 32.5 Å². The molecule has 1 unspecified atom stereocenters. The molecule has 0 spiro atoms. The van der Waals surface area contributed by atoms with E-state index < -0.39 is 0 Å². The van der Waals surface area contributed by atoms with Crippen LogP contribution >= 0.6 is 0 Å². The second-order valence-electron chi connectivity index (χ2n) is 4.91. The van der Waals surface area contributed by atoms with E-state index in [0.717, 1.165) is 13.1 Å². The molecule has 0 aliphatic rings. The lowest BCUT2D eigenvalue weighted by atomic mass is 10.0. The van der Waals surface area contributed by atoms with Gasteiger partial charge in [0.1, 0.15) is 0 Å². The Labute approximate surface area is 89.2 Å². The van der Waals surface area contributed by atoms with Gasteiger partial charge in [0.2, 0.25) is 0 Å². The zero-order valence-electron chi connectivity index (χ0n) is 10.7. The molecule has 0 radical (unpaired) electrons. The minimum atomic E-state index is 0.101. The van der Waals surface area contributed by atoms with Gasteiger partial charge in [0, 0.05) is 24.7 Å². The van der Waals surface area contributed by atoms with Crippen molar-refractivity contribution in [2.45, 2.75) is 39.3 Å². The zero-order chi connectivity index (χ0) is 11.4. The molecule has 0 aromatic heterocycles. The van der Waals surface area contributed by atoms with Crippen molar-refractivity contribution in [3.05, 3.63) is 0 Å². The monoisotopic (exact) mass is 201 g/mol. The molecule has 2 N–H and O–H groups in total. The highest BCUT2D eigenvalue weighted by Gasteiger charge is 2.27. The number of nitrogens with two attached hydrogens (primary N) is 1. The molecular weight excluding hydrogens is 174 g/mol. The Hall–Kier alpha value is -0.120. The van der Waals surface area contributed by atoms with Crippen LogP contribution < -0.4 is 5.73 Å². The summed E-state index contributed by atoms with van der Waals surface area (Å²) in [5.74, 6) is 0. The SMILES string of the molecule is CCN(C(C)CN(C)C)C(C)(C)CN. The fourth-order valence-corrected chi connectivity index (χ4v) is 2.08. The third kappa shape index (κ3) is 3.95. The standard InChI is InChI=1S/C11H27N3/c1-7-14(11(3,4)9-12)10(2)8-13(5)6/h10H,7-9,12H2,1-6H3. The van der Waals surface area contributed by atoms with Crippen LogP contribution in [0.25, 0.3) is 0 Å². The van der Waals surface area contributed by atoms with Gasteiger partial charge in [-0.25, -0.2) is 0 Å². The summed E-state index contributed by atoms with van der Waals surface area (Å²) in [6.07, 6.45) is 0. The Morgan fingerprint density at radius 3 is 2.07 bits per heavy atom. The molecule has 1 atom stereocenters. The van der Waals surface area contributed by atoms with Gasteiger partial charge in [-0.2, -0.15) is 0 Å². The first-order chi connectivity index (χ1) is 6.35. The number of rotatable bonds is 6. The van der Waals surface area contributed by atoms with E-state index in [1.807, 2.05) is 0 Å². The van der Waals surface area contributed by atoms with Gasteiger partial charge in [0.15, 0.2) is 0 Å². The van der Waals surface area contributed by atoms with Crippen molar-refractivity contribution in [2.24, 2.45) is 5.73 Å². The van der Waals surface area contributed by atoms with Crippen molar-refractivity contribution in [3.8, 4) is 0 Å². The summed E-state index contributed by atoms with van der Waals surface area (Å²) in [6, 6.07) is 0.550. The highest BCUT2D eigenvalue weighted by atomic mass is 15.2. The minimum absolute atomic E-state index is 0.101. The molecule has 86 valence electrons. The lowest BCUT2D eigenvalue weighted by Gasteiger charge is -2.42. The third-order valence-corrected chi connectivity index (χ3v) is 2.78. The Kier molecular flexibility index (Phi) is 5.64. The van der Waals surface area contributed by atoms with Crippen LogP contribution in [0.3, 0.4) is 0 Å². The molecule has 0 bridgehead atoms. The Bertz CT molecular complexity index is 155. The van der Waals surface area contributed by atoms with E-state index in [2.05, 4.69) is 51.6 Å². The lowest BCUT2D eigenvalue weighted by molar-refractivity contribution is 0.0745. The van der Waals surface area contributed by atoms with Crippen molar-refractivity contribution in [3.63, 3.8) is 0 Å².